The van der Waals surface area contributed by atoms with Crippen LogP contribution in [-0.2, 0) is 30.6 Å². The highest BCUT2D eigenvalue weighted by Gasteiger charge is 2.38. The van der Waals surface area contributed by atoms with Crippen molar-refractivity contribution in [2.75, 3.05) is 41.2 Å². The van der Waals surface area contributed by atoms with Gasteiger partial charge in [-0.2, -0.15) is 0 Å². The summed E-state index contributed by atoms with van der Waals surface area (Å²) in [5.41, 5.74) is 25.1. The molecule has 0 fully saturated rings. The topological polar surface area (TPSA) is 133 Å². The summed E-state index contributed by atoms with van der Waals surface area (Å²) in [5.74, 6) is 2.34. The molecule has 3 rings (SSSR count). The summed E-state index contributed by atoms with van der Waals surface area (Å²) in [5, 5.41) is 0. The van der Waals surface area contributed by atoms with Gasteiger partial charge in [-0.1, -0.05) is 95.7 Å². The lowest BCUT2D eigenvalue weighted by Gasteiger charge is -2.35. The molecule has 3 atom stereocenters. The van der Waals surface area contributed by atoms with Gasteiger partial charge < -0.3 is 45.4 Å². The number of nitrogens with two attached hydrogens (primary N) is 3. The van der Waals surface area contributed by atoms with Crippen molar-refractivity contribution < 1.29 is 28.2 Å². The molecule has 0 saturated heterocycles. The Balaban J connectivity index is 2.01. The molecule has 9 nitrogen and oxygen atoms in total. The van der Waals surface area contributed by atoms with Crippen molar-refractivity contribution in [1.82, 2.24) is 0 Å². The van der Waals surface area contributed by atoms with Crippen LogP contribution in [0.4, 0.5) is 0 Å². The molecule has 3 aromatic carbocycles. The summed E-state index contributed by atoms with van der Waals surface area (Å²) < 4.78 is 36.8. The van der Waals surface area contributed by atoms with Crippen LogP contribution < -0.4 is 31.4 Å². The van der Waals surface area contributed by atoms with Gasteiger partial charge in [0.15, 0.2) is 0 Å². The minimum absolute atomic E-state index is 0.139. The number of aryl methyl sites for hydroxylation is 3. The summed E-state index contributed by atoms with van der Waals surface area (Å²) in [7, 11) is 3.92. The Kier molecular flexibility index (Phi) is 17.0. The Morgan fingerprint density at radius 1 is 0.481 bits per heavy atom. The smallest absolute Gasteiger partial charge is 0.496 e. The first kappa shape index (κ1) is 43.3. The number of rotatable bonds is 24. The largest absolute Gasteiger partial charge is 0.639 e. The van der Waals surface area contributed by atoms with Crippen LogP contribution in [0.1, 0.15) is 112 Å². The van der Waals surface area contributed by atoms with Gasteiger partial charge in [0.1, 0.15) is 17.2 Å². The van der Waals surface area contributed by atoms with Crippen LogP contribution in [-0.4, -0.2) is 48.5 Å². The third-order valence-corrected chi connectivity index (χ3v) is 10.3. The quantitative estimate of drug-likeness (QED) is 0.0786. The number of hydrogen-bond acceptors (Lipinski definition) is 9. The maximum absolute atomic E-state index is 7.23. The molecule has 0 aliphatic carbocycles. The van der Waals surface area contributed by atoms with Crippen molar-refractivity contribution >= 4 is 7.32 Å². The second kappa shape index (κ2) is 20.4. The van der Waals surface area contributed by atoms with E-state index in [0.29, 0.717) is 19.3 Å². The molecule has 0 radical (unpaired) electrons. The molecule has 0 amide bonds. The molecule has 288 valence electrons. The first-order valence-corrected chi connectivity index (χ1v) is 19.0. The van der Waals surface area contributed by atoms with Gasteiger partial charge >= 0.3 is 7.32 Å². The second-order valence-electron chi connectivity index (χ2n) is 14.6. The number of unbranched alkanes of at least 4 members (excludes halogenated alkanes) is 3. The van der Waals surface area contributed by atoms with E-state index < -0.39 is 23.9 Å². The van der Waals surface area contributed by atoms with E-state index in [2.05, 4.69) is 39.0 Å². The van der Waals surface area contributed by atoms with Crippen LogP contribution in [0.15, 0.2) is 54.6 Å². The minimum atomic E-state index is -1.11. The van der Waals surface area contributed by atoms with Crippen LogP contribution in [0.25, 0.3) is 0 Å². The van der Waals surface area contributed by atoms with Crippen LogP contribution in [0.5, 0.6) is 17.2 Å². The molecule has 0 aromatic heterocycles. The van der Waals surface area contributed by atoms with E-state index in [-0.39, 0.29) is 19.8 Å². The normalized spacial score (nSPS) is 15.0. The van der Waals surface area contributed by atoms with Crippen LogP contribution in [0.3, 0.4) is 0 Å². The van der Waals surface area contributed by atoms with E-state index in [4.69, 9.17) is 45.4 Å². The van der Waals surface area contributed by atoms with Gasteiger partial charge in [-0.3, -0.25) is 0 Å². The Hall–Kier alpha value is -3.12. The van der Waals surface area contributed by atoms with Gasteiger partial charge in [0.05, 0.1) is 57.8 Å². The van der Waals surface area contributed by atoms with Gasteiger partial charge in [-0.25, -0.2) is 0 Å². The zero-order valence-electron chi connectivity index (χ0n) is 33.4. The Labute approximate surface area is 314 Å². The van der Waals surface area contributed by atoms with Crippen molar-refractivity contribution in [2.45, 2.75) is 116 Å². The summed E-state index contributed by atoms with van der Waals surface area (Å²) in [6.07, 6.45) is 7.79. The summed E-state index contributed by atoms with van der Waals surface area (Å²) in [6, 6.07) is 18.3. The third kappa shape index (κ3) is 11.4. The molecule has 0 aliphatic rings. The molecule has 3 aromatic rings. The summed E-state index contributed by atoms with van der Waals surface area (Å²) in [6.45, 7) is 12.9. The number of hydrogen-bond donors (Lipinski definition) is 3. The lowest BCUT2D eigenvalue weighted by molar-refractivity contribution is 0.0388. The lowest BCUT2D eigenvalue weighted by atomic mass is 9.84. The molecule has 6 N–H and O–H groups in total. The fourth-order valence-corrected chi connectivity index (χ4v) is 6.56. The van der Waals surface area contributed by atoms with E-state index in [1.807, 2.05) is 57.2 Å². The van der Waals surface area contributed by atoms with Gasteiger partial charge in [0.2, 0.25) is 0 Å². The third-order valence-electron chi connectivity index (χ3n) is 10.3. The van der Waals surface area contributed by atoms with Gasteiger partial charge in [0, 0.05) is 0 Å². The maximum Gasteiger partial charge on any atom is 0.639 e. The highest BCUT2D eigenvalue weighted by molar-refractivity contribution is 6.36. The SMILES string of the molecule is CCCCC(N)(COB(OCC(N)(CCCC)c1ccc(C)c(OC)c1)OCC(N)(CCCC)c1ccc(C)c(OC)c1)c1ccc(C)c(OC)c1. The highest BCUT2D eigenvalue weighted by atomic mass is 16.7. The standard InChI is InChI=1S/C42H66BN3O6/c1-10-13-22-40(44,34-19-16-31(4)37(25-34)47-7)28-50-43(51-29-41(45,23-14-11-2)35-20-17-32(5)38(26-35)48-8)52-30-42(46,24-15-12-3)36-21-18-33(6)39(27-36)49-9/h16-21,25-27H,10-15,22-24,28-30,44-46H2,1-9H3. The van der Waals surface area contributed by atoms with Crippen molar-refractivity contribution in [3.8, 4) is 17.2 Å². The first-order chi connectivity index (χ1) is 24.8. The van der Waals surface area contributed by atoms with Crippen molar-refractivity contribution in [2.24, 2.45) is 17.2 Å². The minimum Gasteiger partial charge on any atom is -0.496 e. The highest BCUT2D eigenvalue weighted by Crippen LogP contribution is 2.34. The summed E-state index contributed by atoms with van der Waals surface area (Å²) >= 11 is 0. The van der Waals surface area contributed by atoms with Crippen LogP contribution >= 0.6 is 0 Å². The number of methoxy groups -OCH3 is 3. The zero-order chi connectivity index (χ0) is 38.4. The average molecular weight is 720 g/mol. The van der Waals surface area contributed by atoms with Crippen LogP contribution in [0.2, 0.25) is 0 Å². The van der Waals surface area contributed by atoms with Crippen LogP contribution in [0, 0.1) is 20.8 Å². The molecule has 0 spiro atoms. The molecule has 52 heavy (non-hydrogen) atoms. The van der Waals surface area contributed by atoms with E-state index in [1.165, 1.54) is 0 Å². The molecular weight excluding hydrogens is 653 g/mol. The molecular formula is C42H66BN3O6. The van der Waals surface area contributed by atoms with E-state index in [9.17, 15) is 0 Å². The number of ether oxygens (including phenoxy) is 3. The molecule has 0 heterocycles. The lowest BCUT2D eigenvalue weighted by Crippen LogP contribution is -2.49. The maximum atomic E-state index is 7.23. The van der Waals surface area contributed by atoms with Gasteiger partial charge in [-0.05, 0) is 91.6 Å². The van der Waals surface area contributed by atoms with E-state index in [1.54, 1.807) is 21.3 Å². The van der Waals surface area contributed by atoms with Crippen molar-refractivity contribution in [3.05, 3.63) is 88.0 Å². The fraction of sp³-hybridized carbons (Fsp3) is 0.571. The van der Waals surface area contributed by atoms with Crippen molar-refractivity contribution in [1.29, 1.82) is 0 Å². The monoisotopic (exact) mass is 720 g/mol. The predicted octanol–water partition coefficient (Wildman–Crippen LogP) is 8.11. The molecule has 10 heteroatoms. The number of benzene rings is 3. The second-order valence-corrected chi connectivity index (χ2v) is 14.6. The predicted molar refractivity (Wildman–Crippen MR) is 213 cm³/mol. The fourth-order valence-electron chi connectivity index (χ4n) is 6.56. The van der Waals surface area contributed by atoms with E-state index in [0.717, 1.165) is 89.2 Å². The van der Waals surface area contributed by atoms with E-state index >= 15 is 0 Å². The van der Waals surface area contributed by atoms with Gasteiger partial charge in [-0.15, -0.1) is 0 Å². The molecule has 0 aliphatic heterocycles. The Bertz CT molecular complexity index is 1360. The summed E-state index contributed by atoms with van der Waals surface area (Å²) in [4.78, 5) is 0. The molecule has 0 saturated carbocycles. The molecule has 0 bridgehead atoms. The Morgan fingerprint density at radius 2 is 0.750 bits per heavy atom. The van der Waals surface area contributed by atoms with Crippen molar-refractivity contribution in [3.63, 3.8) is 0 Å². The average Bonchev–Trinajstić information content (AvgIpc) is 3.15. The molecule has 3 unspecified atom stereocenters. The zero-order valence-corrected chi connectivity index (χ0v) is 33.4. The van der Waals surface area contributed by atoms with Gasteiger partial charge in [0.25, 0.3) is 0 Å². The first-order valence-electron chi connectivity index (χ1n) is 19.0. The Morgan fingerprint density at radius 3 is 0.981 bits per heavy atom.